The van der Waals surface area contributed by atoms with Crippen molar-refractivity contribution in [2.75, 3.05) is 25.0 Å². The molecule has 1 aliphatic heterocycles. The van der Waals surface area contributed by atoms with E-state index in [1.807, 2.05) is 0 Å². The van der Waals surface area contributed by atoms with Gasteiger partial charge in [-0.15, -0.1) is 0 Å². The predicted molar refractivity (Wildman–Crippen MR) is 45.2 cm³/mol. The second-order valence-electron chi connectivity index (χ2n) is 2.51. The Balaban J connectivity index is 2.02. The minimum atomic E-state index is 0.919. The predicted octanol–water partition coefficient (Wildman–Crippen LogP) is 1.80. The normalized spacial score (nSPS) is 21.3. The number of alkyl halides is 1. The highest BCUT2D eigenvalue weighted by molar-refractivity contribution is 9.09. The van der Waals surface area contributed by atoms with Gasteiger partial charge in [0.25, 0.3) is 0 Å². The highest BCUT2D eigenvalue weighted by Crippen LogP contribution is 2.06. The molecule has 0 radical (unpaired) electrons. The van der Waals surface area contributed by atoms with Crippen LogP contribution in [0.4, 0.5) is 0 Å². The zero-order valence-electron chi connectivity index (χ0n) is 6.18. The number of hydrogen-bond donors (Lipinski definition) is 0. The lowest BCUT2D eigenvalue weighted by molar-refractivity contribution is -0.179. The largest absolute Gasteiger partial charge is 0.299 e. The molecular formula is C7H14BrNO. The summed E-state index contributed by atoms with van der Waals surface area (Å²) in [7, 11) is 0. The van der Waals surface area contributed by atoms with Crippen LogP contribution in [0.3, 0.4) is 0 Å². The van der Waals surface area contributed by atoms with Gasteiger partial charge in [-0.25, -0.2) is 0 Å². The van der Waals surface area contributed by atoms with E-state index in [0.29, 0.717) is 0 Å². The maximum absolute atomic E-state index is 5.39. The summed E-state index contributed by atoms with van der Waals surface area (Å²) in [6, 6.07) is 0. The number of hydroxylamine groups is 2. The van der Waals surface area contributed by atoms with Crippen molar-refractivity contribution in [3.8, 4) is 0 Å². The van der Waals surface area contributed by atoms with Crippen LogP contribution in [-0.2, 0) is 4.84 Å². The van der Waals surface area contributed by atoms with Crippen LogP contribution in [0.1, 0.15) is 19.3 Å². The SMILES string of the molecule is BrCCCN1CCCCO1. The topological polar surface area (TPSA) is 12.5 Å². The van der Waals surface area contributed by atoms with Crippen molar-refractivity contribution in [1.29, 1.82) is 0 Å². The Kier molecular flexibility index (Phi) is 4.34. The first kappa shape index (κ1) is 8.50. The monoisotopic (exact) mass is 207 g/mol. The Bertz CT molecular complexity index is 83.7. The number of hydrogen-bond acceptors (Lipinski definition) is 2. The summed E-state index contributed by atoms with van der Waals surface area (Å²) in [4.78, 5) is 5.39. The van der Waals surface area contributed by atoms with Crippen molar-refractivity contribution in [1.82, 2.24) is 5.06 Å². The fraction of sp³-hybridized carbons (Fsp3) is 1.00. The summed E-state index contributed by atoms with van der Waals surface area (Å²) in [6.07, 6.45) is 3.70. The number of halogens is 1. The average Bonchev–Trinajstić information content (AvgIpc) is 2.03. The van der Waals surface area contributed by atoms with Crippen molar-refractivity contribution >= 4 is 15.9 Å². The molecule has 0 spiro atoms. The molecule has 3 heteroatoms. The number of rotatable bonds is 3. The van der Waals surface area contributed by atoms with Gasteiger partial charge in [0.15, 0.2) is 0 Å². The third-order valence-corrected chi connectivity index (χ3v) is 2.18. The van der Waals surface area contributed by atoms with Crippen LogP contribution in [0.25, 0.3) is 0 Å². The maximum Gasteiger partial charge on any atom is 0.0685 e. The Labute approximate surface area is 70.6 Å². The average molecular weight is 208 g/mol. The maximum atomic E-state index is 5.39. The molecule has 0 aromatic carbocycles. The van der Waals surface area contributed by atoms with Gasteiger partial charge in [-0.2, -0.15) is 5.06 Å². The Morgan fingerprint density at radius 2 is 2.30 bits per heavy atom. The molecule has 10 heavy (non-hydrogen) atoms. The minimum Gasteiger partial charge on any atom is -0.299 e. The minimum absolute atomic E-state index is 0.919. The van der Waals surface area contributed by atoms with E-state index >= 15 is 0 Å². The lowest BCUT2D eigenvalue weighted by Crippen LogP contribution is -2.31. The summed E-state index contributed by atoms with van der Waals surface area (Å²) in [6.45, 7) is 3.11. The van der Waals surface area contributed by atoms with E-state index in [1.165, 1.54) is 19.3 Å². The van der Waals surface area contributed by atoms with Gasteiger partial charge in [0.1, 0.15) is 0 Å². The molecule has 1 rings (SSSR count). The lowest BCUT2D eigenvalue weighted by Gasteiger charge is -2.25. The molecule has 0 aliphatic carbocycles. The van der Waals surface area contributed by atoms with E-state index in [2.05, 4.69) is 21.0 Å². The fourth-order valence-electron chi connectivity index (χ4n) is 1.06. The van der Waals surface area contributed by atoms with Gasteiger partial charge in [-0.3, -0.25) is 4.84 Å². The van der Waals surface area contributed by atoms with Crippen LogP contribution >= 0.6 is 15.9 Å². The summed E-state index contributed by atoms with van der Waals surface area (Å²) in [5, 5.41) is 3.15. The molecule has 0 unspecified atom stereocenters. The molecular weight excluding hydrogens is 194 g/mol. The highest BCUT2D eigenvalue weighted by atomic mass is 79.9. The molecule has 1 saturated heterocycles. The molecule has 0 bridgehead atoms. The second kappa shape index (κ2) is 5.10. The van der Waals surface area contributed by atoms with E-state index in [0.717, 1.165) is 25.0 Å². The molecule has 0 N–H and O–H groups in total. The smallest absolute Gasteiger partial charge is 0.0685 e. The standard InChI is InChI=1S/C7H14BrNO/c8-4-3-6-9-5-1-2-7-10-9/h1-7H2. The Morgan fingerprint density at radius 3 is 2.90 bits per heavy atom. The van der Waals surface area contributed by atoms with Crippen LogP contribution in [0.5, 0.6) is 0 Å². The third kappa shape index (κ3) is 2.99. The van der Waals surface area contributed by atoms with Crippen molar-refractivity contribution < 1.29 is 4.84 Å². The molecule has 0 aromatic rings. The van der Waals surface area contributed by atoms with E-state index in [-0.39, 0.29) is 0 Å². The molecule has 1 heterocycles. The second-order valence-corrected chi connectivity index (χ2v) is 3.30. The zero-order valence-corrected chi connectivity index (χ0v) is 7.77. The van der Waals surface area contributed by atoms with Crippen molar-refractivity contribution in [2.45, 2.75) is 19.3 Å². The third-order valence-electron chi connectivity index (χ3n) is 1.62. The molecule has 0 aromatic heterocycles. The fourth-order valence-corrected chi connectivity index (χ4v) is 1.31. The molecule has 1 aliphatic rings. The van der Waals surface area contributed by atoms with Gasteiger partial charge in [-0.1, -0.05) is 15.9 Å². The Morgan fingerprint density at radius 1 is 1.40 bits per heavy atom. The van der Waals surface area contributed by atoms with Gasteiger partial charge in [0.2, 0.25) is 0 Å². The first-order valence-corrected chi connectivity index (χ1v) is 4.99. The quantitative estimate of drug-likeness (QED) is 0.655. The molecule has 0 atom stereocenters. The summed E-state index contributed by atoms with van der Waals surface area (Å²) in [5.74, 6) is 0. The van der Waals surface area contributed by atoms with E-state index < -0.39 is 0 Å². The van der Waals surface area contributed by atoms with Gasteiger partial charge < -0.3 is 0 Å². The highest BCUT2D eigenvalue weighted by Gasteiger charge is 2.08. The van der Waals surface area contributed by atoms with Gasteiger partial charge in [0, 0.05) is 18.4 Å². The first-order valence-electron chi connectivity index (χ1n) is 3.87. The van der Waals surface area contributed by atoms with Crippen LogP contribution in [0.15, 0.2) is 0 Å². The van der Waals surface area contributed by atoms with Crippen LogP contribution < -0.4 is 0 Å². The van der Waals surface area contributed by atoms with Crippen molar-refractivity contribution in [2.24, 2.45) is 0 Å². The van der Waals surface area contributed by atoms with Crippen LogP contribution in [-0.4, -0.2) is 30.1 Å². The van der Waals surface area contributed by atoms with E-state index in [4.69, 9.17) is 4.84 Å². The summed E-state index contributed by atoms with van der Waals surface area (Å²) in [5.41, 5.74) is 0. The molecule has 2 nitrogen and oxygen atoms in total. The first-order chi connectivity index (χ1) is 4.93. The summed E-state index contributed by atoms with van der Waals surface area (Å²) < 4.78 is 0. The molecule has 1 fully saturated rings. The zero-order chi connectivity index (χ0) is 7.23. The molecule has 60 valence electrons. The van der Waals surface area contributed by atoms with Crippen molar-refractivity contribution in [3.63, 3.8) is 0 Å². The van der Waals surface area contributed by atoms with Gasteiger partial charge in [-0.05, 0) is 19.3 Å². The molecule has 0 amide bonds. The van der Waals surface area contributed by atoms with Crippen molar-refractivity contribution in [3.05, 3.63) is 0 Å². The summed E-state index contributed by atoms with van der Waals surface area (Å²) >= 11 is 3.39. The van der Waals surface area contributed by atoms with Crippen LogP contribution in [0, 0.1) is 0 Å². The van der Waals surface area contributed by atoms with E-state index in [1.54, 1.807) is 0 Å². The van der Waals surface area contributed by atoms with Crippen LogP contribution in [0.2, 0.25) is 0 Å². The molecule has 0 saturated carbocycles. The Hall–Kier alpha value is 0.400. The van der Waals surface area contributed by atoms with Gasteiger partial charge >= 0.3 is 0 Å². The van der Waals surface area contributed by atoms with E-state index in [9.17, 15) is 0 Å². The number of nitrogens with zero attached hydrogens (tertiary/aromatic N) is 1. The lowest BCUT2D eigenvalue weighted by atomic mass is 10.3. The van der Waals surface area contributed by atoms with Gasteiger partial charge in [0.05, 0.1) is 6.61 Å².